The summed E-state index contributed by atoms with van der Waals surface area (Å²) in [6.07, 6.45) is 3.15. The third-order valence-corrected chi connectivity index (χ3v) is 2.62. The lowest BCUT2D eigenvalue weighted by atomic mass is 10.1. The van der Waals surface area contributed by atoms with E-state index in [0.29, 0.717) is 22.6 Å². The number of hydrogen-bond acceptors (Lipinski definition) is 3. The van der Waals surface area contributed by atoms with Gasteiger partial charge < -0.3 is 11.1 Å². The number of nitrogens with one attached hydrogen (secondary N) is 1. The molecule has 0 aliphatic heterocycles. The van der Waals surface area contributed by atoms with Gasteiger partial charge in [0.25, 0.3) is 5.91 Å². The maximum absolute atomic E-state index is 12.1. The highest BCUT2D eigenvalue weighted by atomic mass is 16.1. The molecule has 5 nitrogen and oxygen atoms in total. The molecule has 0 atom stereocenters. The standard InChI is InChI=1S/C14H14N4O/c1-16-13(15)11-7-8-17-9-12(11)18-14(19)10-5-3-2-4-6-10/h2-9H,1H3,(H2,15,16)(H,18,19). The van der Waals surface area contributed by atoms with Crippen LogP contribution in [0, 0.1) is 0 Å². The first-order valence-electron chi connectivity index (χ1n) is 5.75. The van der Waals surface area contributed by atoms with Crippen molar-refractivity contribution < 1.29 is 4.79 Å². The SMILES string of the molecule is CN=C(N)c1ccncc1NC(=O)c1ccccc1. The lowest BCUT2D eigenvalue weighted by molar-refractivity contribution is 0.102. The minimum absolute atomic E-state index is 0.209. The Labute approximate surface area is 111 Å². The Hall–Kier alpha value is -2.69. The molecule has 0 bridgehead atoms. The van der Waals surface area contributed by atoms with Gasteiger partial charge in [-0.3, -0.25) is 14.8 Å². The molecule has 0 fully saturated rings. The summed E-state index contributed by atoms with van der Waals surface area (Å²) in [6.45, 7) is 0. The van der Waals surface area contributed by atoms with Crippen LogP contribution in [0.25, 0.3) is 0 Å². The summed E-state index contributed by atoms with van der Waals surface area (Å²) in [5.74, 6) is 0.143. The van der Waals surface area contributed by atoms with Crippen LogP contribution in [0.15, 0.2) is 53.8 Å². The number of carbonyl (C=O) groups is 1. The summed E-state index contributed by atoms with van der Waals surface area (Å²) in [7, 11) is 1.60. The molecule has 96 valence electrons. The molecular formula is C14H14N4O. The van der Waals surface area contributed by atoms with Crippen molar-refractivity contribution in [3.8, 4) is 0 Å². The molecule has 0 aliphatic carbocycles. The number of anilines is 1. The van der Waals surface area contributed by atoms with Crippen molar-refractivity contribution in [2.24, 2.45) is 10.7 Å². The van der Waals surface area contributed by atoms with Gasteiger partial charge in [-0.15, -0.1) is 0 Å². The first-order valence-corrected chi connectivity index (χ1v) is 5.75. The van der Waals surface area contributed by atoms with E-state index >= 15 is 0 Å². The largest absolute Gasteiger partial charge is 0.383 e. The van der Waals surface area contributed by atoms with Gasteiger partial charge >= 0.3 is 0 Å². The van der Waals surface area contributed by atoms with E-state index < -0.39 is 0 Å². The number of amides is 1. The van der Waals surface area contributed by atoms with Crippen LogP contribution < -0.4 is 11.1 Å². The monoisotopic (exact) mass is 254 g/mol. The van der Waals surface area contributed by atoms with Crippen molar-refractivity contribution in [3.05, 3.63) is 59.9 Å². The summed E-state index contributed by atoms with van der Waals surface area (Å²) in [5, 5.41) is 2.78. The van der Waals surface area contributed by atoms with Crippen molar-refractivity contribution >= 4 is 17.4 Å². The Morgan fingerprint density at radius 3 is 2.68 bits per heavy atom. The molecule has 5 heteroatoms. The van der Waals surface area contributed by atoms with Crippen LogP contribution in [0.1, 0.15) is 15.9 Å². The zero-order chi connectivity index (χ0) is 13.7. The molecule has 2 aromatic rings. The minimum atomic E-state index is -0.209. The second-order valence-corrected chi connectivity index (χ2v) is 3.85. The highest BCUT2D eigenvalue weighted by Gasteiger charge is 2.10. The Bertz CT molecular complexity index is 608. The molecule has 0 spiro atoms. The van der Waals surface area contributed by atoms with Crippen LogP contribution in [0.3, 0.4) is 0 Å². The van der Waals surface area contributed by atoms with Crippen LogP contribution in [0.5, 0.6) is 0 Å². The molecule has 2 rings (SSSR count). The van der Waals surface area contributed by atoms with Gasteiger partial charge in [0, 0.05) is 24.4 Å². The van der Waals surface area contributed by atoms with Crippen molar-refractivity contribution in [1.29, 1.82) is 0 Å². The zero-order valence-electron chi connectivity index (χ0n) is 10.5. The molecule has 1 amide bonds. The predicted octanol–water partition coefficient (Wildman–Crippen LogP) is 1.67. The molecule has 0 aliphatic rings. The second-order valence-electron chi connectivity index (χ2n) is 3.85. The maximum atomic E-state index is 12.1. The van der Waals surface area contributed by atoms with E-state index in [9.17, 15) is 4.79 Å². The average Bonchev–Trinajstić information content (AvgIpc) is 2.48. The molecule has 0 saturated carbocycles. The van der Waals surface area contributed by atoms with Crippen molar-refractivity contribution in [2.45, 2.75) is 0 Å². The van der Waals surface area contributed by atoms with E-state index in [-0.39, 0.29) is 5.91 Å². The molecule has 0 unspecified atom stereocenters. The van der Waals surface area contributed by atoms with Gasteiger partial charge in [-0.2, -0.15) is 0 Å². The topological polar surface area (TPSA) is 80.4 Å². The van der Waals surface area contributed by atoms with Crippen LogP contribution in [-0.4, -0.2) is 23.8 Å². The van der Waals surface area contributed by atoms with Crippen LogP contribution in [0.2, 0.25) is 0 Å². The highest BCUT2D eigenvalue weighted by molar-refractivity contribution is 6.09. The predicted molar refractivity (Wildman–Crippen MR) is 75.3 cm³/mol. The highest BCUT2D eigenvalue weighted by Crippen LogP contribution is 2.14. The lowest BCUT2D eigenvalue weighted by Crippen LogP contribution is -2.19. The Balaban J connectivity index is 2.27. The molecule has 1 heterocycles. The number of aromatic nitrogens is 1. The molecule has 1 aromatic heterocycles. The summed E-state index contributed by atoms with van der Waals surface area (Å²) in [5.41, 5.74) is 7.55. The fourth-order valence-corrected chi connectivity index (χ4v) is 1.62. The van der Waals surface area contributed by atoms with E-state index in [0.717, 1.165) is 0 Å². The number of benzene rings is 1. The Morgan fingerprint density at radius 1 is 1.26 bits per heavy atom. The molecular weight excluding hydrogens is 240 g/mol. The number of aliphatic imine (C=N–C) groups is 1. The average molecular weight is 254 g/mol. The first-order chi connectivity index (χ1) is 9.22. The number of hydrogen-bond donors (Lipinski definition) is 2. The number of amidine groups is 1. The summed E-state index contributed by atoms with van der Waals surface area (Å²) < 4.78 is 0. The molecule has 0 saturated heterocycles. The molecule has 3 N–H and O–H groups in total. The van der Waals surface area contributed by atoms with Gasteiger partial charge in [-0.25, -0.2) is 0 Å². The first kappa shape index (κ1) is 12.8. The fraction of sp³-hybridized carbons (Fsp3) is 0.0714. The second kappa shape index (κ2) is 5.77. The number of rotatable bonds is 3. The summed E-state index contributed by atoms with van der Waals surface area (Å²) >= 11 is 0. The number of carbonyl (C=O) groups excluding carboxylic acids is 1. The summed E-state index contributed by atoms with van der Waals surface area (Å²) in [6, 6.07) is 10.7. The Kier molecular flexibility index (Phi) is 3.87. The van der Waals surface area contributed by atoms with Gasteiger partial charge in [0.15, 0.2) is 0 Å². The van der Waals surface area contributed by atoms with Gasteiger partial charge in [0.1, 0.15) is 5.84 Å². The Morgan fingerprint density at radius 2 is 2.00 bits per heavy atom. The molecule has 0 radical (unpaired) electrons. The molecule has 19 heavy (non-hydrogen) atoms. The van der Waals surface area contributed by atoms with Crippen LogP contribution in [0.4, 0.5) is 5.69 Å². The quantitative estimate of drug-likeness (QED) is 0.645. The third-order valence-electron chi connectivity index (χ3n) is 2.62. The van der Waals surface area contributed by atoms with Crippen molar-refractivity contribution in [3.63, 3.8) is 0 Å². The van der Waals surface area contributed by atoms with Crippen LogP contribution >= 0.6 is 0 Å². The lowest BCUT2D eigenvalue weighted by Gasteiger charge is -2.09. The van der Waals surface area contributed by atoms with E-state index in [1.165, 1.54) is 0 Å². The number of pyridine rings is 1. The van der Waals surface area contributed by atoms with Gasteiger partial charge in [-0.05, 0) is 18.2 Å². The number of nitrogens with zero attached hydrogens (tertiary/aromatic N) is 2. The maximum Gasteiger partial charge on any atom is 0.255 e. The van der Waals surface area contributed by atoms with E-state index in [4.69, 9.17) is 5.73 Å². The third kappa shape index (κ3) is 2.95. The van der Waals surface area contributed by atoms with Gasteiger partial charge in [-0.1, -0.05) is 18.2 Å². The minimum Gasteiger partial charge on any atom is -0.383 e. The van der Waals surface area contributed by atoms with Crippen LogP contribution in [-0.2, 0) is 0 Å². The number of nitrogens with two attached hydrogens (primary N) is 1. The molecule has 1 aromatic carbocycles. The summed E-state index contributed by atoms with van der Waals surface area (Å²) in [4.78, 5) is 20.0. The van der Waals surface area contributed by atoms with E-state index in [1.807, 2.05) is 6.07 Å². The zero-order valence-corrected chi connectivity index (χ0v) is 10.5. The van der Waals surface area contributed by atoms with Crippen molar-refractivity contribution in [2.75, 3.05) is 12.4 Å². The van der Waals surface area contributed by atoms with Gasteiger partial charge in [0.05, 0.1) is 11.9 Å². The van der Waals surface area contributed by atoms with Crippen molar-refractivity contribution in [1.82, 2.24) is 4.98 Å². The normalized spacial score (nSPS) is 11.1. The smallest absolute Gasteiger partial charge is 0.255 e. The van der Waals surface area contributed by atoms with Gasteiger partial charge in [0.2, 0.25) is 0 Å². The van der Waals surface area contributed by atoms with E-state index in [1.54, 1.807) is 49.8 Å². The fourth-order valence-electron chi connectivity index (χ4n) is 1.62. The van der Waals surface area contributed by atoms with E-state index in [2.05, 4.69) is 15.3 Å².